The summed E-state index contributed by atoms with van der Waals surface area (Å²) < 4.78 is 0. The van der Waals surface area contributed by atoms with Gasteiger partial charge in [0.05, 0.1) is 5.71 Å². The van der Waals surface area contributed by atoms with Gasteiger partial charge < -0.3 is 9.94 Å². The molecular formula is C11H13NO2. The van der Waals surface area contributed by atoms with Crippen molar-refractivity contribution in [1.82, 2.24) is 0 Å². The smallest absolute Gasteiger partial charge is 0.115 e. The number of nitrogens with zero attached hydrogens (tertiary/aromatic N) is 1. The van der Waals surface area contributed by atoms with Crippen molar-refractivity contribution in [2.45, 2.75) is 19.8 Å². The summed E-state index contributed by atoms with van der Waals surface area (Å²) in [5.41, 5.74) is 3.25. The molecule has 1 aromatic carbocycles. The van der Waals surface area contributed by atoms with Crippen molar-refractivity contribution in [3.8, 4) is 5.75 Å². The number of phenolic OH excluding ortho intramolecular Hbond substituents is 1. The average molecular weight is 191 g/mol. The first-order valence-corrected chi connectivity index (χ1v) is 4.82. The summed E-state index contributed by atoms with van der Waals surface area (Å²) in [7, 11) is 0. The number of rotatable bonds is 2. The maximum absolute atomic E-state index is 9.29. The van der Waals surface area contributed by atoms with E-state index in [1.54, 1.807) is 12.1 Å². The molecular weight excluding hydrogens is 178 g/mol. The Balaban J connectivity index is 2.31. The van der Waals surface area contributed by atoms with E-state index in [-0.39, 0.29) is 0 Å². The molecule has 0 aromatic heterocycles. The van der Waals surface area contributed by atoms with E-state index in [2.05, 4.69) is 5.16 Å². The third kappa shape index (κ3) is 1.58. The standard InChI is InChI=1S/C11H13NO2/c1-2-14-12-11-6-3-8-7-9(13)4-5-10(8)11/h4-5,7,13H,2-3,6H2,1H3/b12-11+. The van der Waals surface area contributed by atoms with Gasteiger partial charge in [0, 0.05) is 5.56 Å². The monoisotopic (exact) mass is 191 g/mol. The minimum absolute atomic E-state index is 0.321. The maximum atomic E-state index is 9.29. The predicted molar refractivity (Wildman–Crippen MR) is 54.6 cm³/mol. The van der Waals surface area contributed by atoms with Gasteiger partial charge in [0.15, 0.2) is 0 Å². The third-order valence-corrected chi connectivity index (χ3v) is 2.33. The molecule has 3 nitrogen and oxygen atoms in total. The Morgan fingerprint density at radius 1 is 1.43 bits per heavy atom. The molecule has 1 N–H and O–H groups in total. The zero-order chi connectivity index (χ0) is 9.97. The minimum Gasteiger partial charge on any atom is -0.508 e. The highest BCUT2D eigenvalue weighted by Crippen LogP contribution is 2.26. The molecule has 0 heterocycles. The van der Waals surface area contributed by atoms with E-state index in [1.807, 2.05) is 13.0 Å². The van der Waals surface area contributed by atoms with Crippen LogP contribution in [0.4, 0.5) is 0 Å². The van der Waals surface area contributed by atoms with Crippen LogP contribution < -0.4 is 0 Å². The van der Waals surface area contributed by atoms with Gasteiger partial charge in [0.2, 0.25) is 0 Å². The lowest BCUT2D eigenvalue weighted by atomic mass is 10.1. The molecule has 0 spiro atoms. The van der Waals surface area contributed by atoms with E-state index in [9.17, 15) is 5.11 Å². The van der Waals surface area contributed by atoms with E-state index in [4.69, 9.17) is 4.84 Å². The van der Waals surface area contributed by atoms with Gasteiger partial charge >= 0.3 is 0 Å². The van der Waals surface area contributed by atoms with Crippen molar-refractivity contribution in [2.75, 3.05) is 6.61 Å². The van der Waals surface area contributed by atoms with E-state index in [1.165, 1.54) is 0 Å². The van der Waals surface area contributed by atoms with Crippen molar-refractivity contribution in [3.63, 3.8) is 0 Å². The molecule has 3 heteroatoms. The molecule has 1 aromatic rings. The second-order valence-electron chi connectivity index (χ2n) is 3.30. The number of aryl methyl sites for hydroxylation is 1. The van der Waals surface area contributed by atoms with Crippen molar-refractivity contribution in [2.24, 2.45) is 5.16 Å². The summed E-state index contributed by atoms with van der Waals surface area (Å²) >= 11 is 0. The van der Waals surface area contributed by atoms with Crippen LogP contribution in [0, 0.1) is 0 Å². The maximum Gasteiger partial charge on any atom is 0.115 e. The van der Waals surface area contributed by atoms with Crippen LogP contribution in [-0.4, -0.2) is 17.4 Å². The first kappa shape index (κ1) is 9.06. The first-order chi connectivity index (χ1) is 6.81. The van der Waals surface area contributed by atoms with Crippen LogP contribution in [0.5, 0.6) is 5.75 Å². The predicted octanol–water partition coefficient (Wildman–Crippen LogP) is 2.08. The first-order valence-electron chi connectivity index (χ1n) is 4.82. The molecule has 0 amide bonds. The molecule has 0 radical (unpaired) electrons. The Labute approximate surface area is 83.0 Å². The lowest BCUT2D eigenvalue weighted by Gasteiger charge is -2.00. The minimum atomic E-state index is 0.321. The van der Waals surface area contributed by atoms with Crippen LogP contribution in [0.25, 0.3) is 0 Å². The lowest BCUT2D eigenvalue weighted by Crippen LogP contribution is -1.95. The third-order valence-electron chi connectivity index (χ3n) is 2.33. The van der Waals surface area contributed by atoms with E-state index in [0.717, 1.165) is 29.7 Å². The quantitative estimate of drug-likeness (QED) is 0.727. The van der Waals surface area contributed by atoms with Gasteiger partial charge in [-0.25, -0.2) is 0 Å². The van der Waals surface area contributed by atoms with E-state index in [0.29, 0.717) is 12.4 Å². The molecule has 2 rings (SSSR count). The molecule has 1 aliphatic rings. The highest BCUT2D eigenvalue weighted by Gasteiger charge is 2.18. The summed E-state index contributed by atoms with van der Waals surface area (Å²) in [6, 6.07) is 5.38. The van der Waals surface area contributed by atoms with Gasteiger partial charge in [-0.1, -0.05) is 5.16 Å². The lowest BCUT2D eigenvalue weighted by molar-refractivity contribution is 0.158. The number of phenols is 1. The molecule has 1 aliphatic carbocycles. The number of hydrogen-bond donors (Lipinski definition) is 1. The van der Waals surface area contributed by atoms with Crippen molar-refractivity contribution in [1.29, 1.82) is 0 Å². The fourth-order valence-corrected chi connectivity index (χ4v) is 1.69. The van der Waals surface area contributed by atoms with Crippen LogP contribution in [0.2, 0.25) is 0 Å². The van der Waals surface area contributed by atoms with Gasteiger partial charge in [-0.05, 0) is 43.5 Å². The summed E-state index contributed by atoms with van der Waals surface area (Å²) in [4.78, 5) is 5.03. The Hall–Kier alpha value is -1.51. The highest BCUT2D eigenvalue weighted by atomic mass is 16.6. The van der Waals surface area contributed by atoms with Gasteiger partial charge in [0.1, 0.15) is 12.4 Å². The van der Waals surface area contributed by atoms with Crippen LogP contribution in [0.3, 0.4) is 0 Å². The molecule has 0 atom stereocenters. The summed E-state index contributed by atoms with van der Waals surface area (Å²) in [6.45, 7) is 2.51. The molecule has 14 heavy (non-hydrogen) atoms. The van der Waals surface area contributed by atoms with Crippen molar-refractivity contribution >= 4 is 5.71 Å². The van der Waals surface area contributed by atoms with E-state index >= 15 is 0 Å². The Morgan fingerprint density at radius 3 is 3.07 bits per heavy atom. The Kier molecular flexibility index (Phi) is 2.39. The SMILES string of the molecule is CCO/N=C1\CCc2cc(O)ccc21. The topological polar surface area (TPSA) is 41.8 Å². The van der Waals surface area contributed by atoms with Gasteiger partial charge in [-0.2, -0.15) is 0 Å². The van der Waals surface area contributed by atoms with Crippen LogP contribution >= 0.6 is 0 Å². The molecule has 0 aliphatic heterocycles. The van der Waals surface area contributed by atoms with Gasteiger partial charge in [0.25, 0.3) is 0 Å². The van der Waals surface area contributed by atoms with Crippen LogP contribution in [0.15, 0.2) is 23.4 Å². The fraction of sp³-hybridized carbons (Fsp3) is 0.364. The molecule has 0 unspecified atom stereocenters. The molecule has 0 saturated heterocycles. The van der Waals surface area contributed by atoms with Crippen molar-refractivity contribution < 1.29 is 9.94 Å². The highest BCUT2D eigenvalue weighted by molar-refractivity contribution is 6.04. The van der Waals surface area contributed by atoms with E-state index < -0.39 is 0 Å². The van der Waals surface area contributed by atoms with Gasteiger partial charge in [-0.15, -0.1) is 0 Å². The summed E-state index contributed by atoms with van der Waals surface area (Å²) in [6.07, 6.45) is 1.84. The number of aromatic hydroxyl groups is 1. The van der Waals surface area contributed by atoms with Crippen LogP contribution in [-0.2, 0) is 11.3 Å². The van der Waals surface area contributed by atoms with Crippen LogP contribution in [0.1, 0.15) is 24.5 Å². The normalized spacial score (nSPS) is 17.1. The number of benzene rings is 1. The summed E-state index contributed by atoms with van der Waals surface area (Å²) in [5.74, 6) is 0.321. The second kappa shape index (κ2) is 3.70. The largest absolute Gasteiger partial charge is 0.508 e. The molecule has 0 saturated carbocycles. The summed E-state index contributed by atoms with van der Waals surface area (Å²) in [5, 5.41) is 13.3. The molecule has 0 bridgehead atoms. The number of hydrogen-bond acceptors (Lipinski definition) is 3. The fourth-order valence-electron chi connectivity index (χ4n) is 1.69. The van der Waals surface area contributed by atoms with Crippen molar-refractivity contribution in [3.05, 3.63) is 29.3 Å². The second-order valence-corrected chi connectivity index (χ2v) is 3.30. The zero-order valence-corrected chi connectivity index (χ0v) is 8.16. The number of fused-ring (bicyclic) bond motifs is 1. The number of oxime groups is 1. The van der Waals surface area contributed by atoms with Gasteiger partial charge in [-0.3, -0.25) is 0 Å². The molecule has 74 valence electrons. The Morgan fingerprint density at radius 2 is 2.29 bits per heavy atom. The zero-order valence-electron chi connectivity index (χ0n) is 8.16. The molecule has 0 fully saturated rings. The Bertz CT molecular complexity index is 372. The average Bonchev–Trinajstić information content (AvgIpc) is 2.57.